The van der Waals surface area contributed by atoms with Crippen LogP contribution in [0.4, 0.5) is 9.52 Å². The molecule has 1 aliphatic heterocycles. The minimum atomic E-state index is -3.67. The summed E-state index contributed by atoms with van der Waals surface area (Å²) in [5.41, 5.74) is 1.40. The van der Waals surface area contributed by atoms with E-state index in [9.17, 15) is 17.6 Å². The van der Waals surface area contributed by atoms with Crippen LogP contribution in [-0.4, -0.2) is 49.9 Å². The van der Waals surface area contributed by atoms with E-state index in [1.165, 1.54) is 50.9 Å². The van der Waals surface area contributed by atoms with E-state index in [-0.39, 0.29) is 22.9 Å². The summed E-state index contributed by atoms with van der Waals surface area (Å²) < 4.78 is 47.4. The van der Waals surface area contributed by atoms with Crippen LogP contribution in [-0.2, 0) is 21.3 Å². The Morgan fingerprint density at radius 2 is 1.71 bits per heavy atom. The maximum atomic E-state index is 14.3. The van der Waals surface area contributed by atoms with Gasteiger partial charge in [0.15, 0.2) is 5.13 Å². The largest absolute Gasteiger partial charge is 0.379 e. The predicted molar refractivity (Wildman–Crippen MR) is 133 cm³/mol. The highest BCUT2D eigenvalue weighted by Crippen LogP contribution is 2.32. The molecule has 1 amide bonds. The summed E-state index contributed by atoms with van der Waals surface area (Å²) in [6.07, 6.45) is 0. The van der Waals surface area contributed by atoms with Crippen molar-refractivity contribution in [1.29, 1.82) is 0 Å². The van der Waals surface area contributed by atoms with Gasteiger partial charge in [-0.05, 0) is 42.0 Å². The number of rotatable bonds is 6. The highest BCUT2D eigenvalue weighted by molar-refractivity contribution is 7.89. The molecule has 1 saturated heterocycles. The monoisotopic (exact) mass is 511 g/mol. The van der Waals surface area contributed by atoms with Gasteiger partial charge in [-0.3, -0.25) is 9.69 Å². The number of hydrogen-bond acceptors (Lipinski definition) is 6. The fraction of sp³-hybridized carbons (Fsp3) is 0.200. The summed E-state index contributed by atoms with van der Waals surface area (Å²) in [6.45, 7) is 1.53. The fourth-order valence-electron chi connectivity index (χ4n) is 3.87. The topological polar surface area (TPSA) is 79.8 Å². The lowest BCUT2D eigenvalue weighted by atomic mass is 10.1. The maximum Gasteiger partial charge on any atom is 0.260 e. The third-order valence-electron chi connectivity index (χ3n) is 5.73. The van der Waals surface area contributed by atoms with Crippen LogP contribution in [0.3, 0.4) is 0 Å². The molecule has 0 radical (unpaired) electrons. The number of thiazole rings is 1. The first-order chi connectivity index (χ1) is 16.9. The third kappa shape index (κ3) is 4.83. The van der Waals surface area contributed by atoms with Crippen molar-refractivity contribution in [3.8, 4) is 0 Å². The number of ether oxygens (including phenoxy) is 1. The number of carbonyl (C=O) groups is 1. The number of sulfonamides is 1. The number of anilines is 1. The van der Waals surface area contributed by atoms with E-state index in [2.05, 4.69) is 4.98 Å². The molecule has 0 spiro atoms. The van der Waals surface area contributed by atoms with Gasteiger partial charge in [-0.15, -0.1) is 0 Å². The van der Waals surface area contributed by atoms with Crippen LogP contribution in [0.1, 0.15) is 15.9 Å². The average Bonchev–Trinajstić information content (AvgIpc) is 3.34. The number of nitrogens with zero attached hydrogens (tertiary/aromatic N) is 3. The van der Waals surface area contributed by atoms with Crippen LogP contribution < -0.4 is 4.90 Å². The standard InChI is InChI=1S/C25H22FN3O4S2/c26-21-7-4-8-22-23(21)27-25(34-22)29(17-18-5-2-1-3-6-18)24(30)19-9-11-20(12-10-19)35(31,32)28-13-15-33-16-14-28/h1-12H,13-17H2. The highest BCUT2D eigenvalue weighted by Gasteiger charge is 2.27. The number of benzene rings is 3. The first kappa shape index (κ1) is 23.6. The number of hydrogen-bond donors (Lipinski definition) is 0. The van der Waals surface area contributed by atoms with Crippen molar-refractivity contribution in [3.05, 3.63) is 89.7 Å². The van der Waals surface area contributed by atoms with Gasteiger partial charge in [0.1, 0.15) is 11.3 Å². The van der Waals surface area contributed by atoms with E-state index in [0.717, 1.165) is 5.56 Å². The van der Waals surface area contributed by atoms with Crippen molar-refractivity contribution in [3.63, 3.8) is 0 Å². The SMILES string of the molecule is O=C(c1ccc(S(=O)(=O)N2CCOCC2)cc1)N(Cc1ccccc1)c1nc2c(F)cccc2s1. The van der Waals surface area contributed by atoms with E-state index < -0.39 is 15.8 Å². The lowest BCUT2D eigenvalue weighted by Crippen LogP contribution is -2.40. The lowest BCUT2D eigenvalue weighted by Gasteiger charge is -2.26. The molecule has 7 nitrogen and oxygen atoms in total. The van der Waals surface area contributed by atoms with Crippen molar-refractivity contribution in [2.24, 2.45) is 0 Å². The Morgan fingerprint density at radius 1 is 1.00 bits per heavy atom. The van der Waals surface area contributed by atoms with Crippen LogP contribution in [0.2, 0.25) is 0 Å². The second-order valence-electron chi connectivity index (χ2n) is 8.00. The molecule has 1 fully saturated rings. The van der Waals surface area contributed by atoms with Gasteiger partial charge in [0.05, 0.1) is 29.4 Å². The molecule has 1 aromatic heterocycles. The Morgan fingerprint density at radius 3 is 2.40 bits per heavy atom. The molecule has 2 heterocycles. The average molecular weight is 512 g/mol. The van der Waals surface area contributed by atoms with Crippen LogP contribution in [0, 0.1) is 5.82 Å². The van der Waals surface area contributed by atoms with E-state index >= 15 is 0 Å². The van der Waals surface area contributed by atoms with Gasteiger partial charge in [0.2, 0.25) is 10.0 Å². The van der Waals surface area contributed by atoms with Gasteiger partial charge in [-0.2, -0.15) is 4.31 Å². The van der Waals surface area contributed by atoms with Crippen molar-refractivity contribution in [2.75, 3.05) is 31.2 Å². The molecular weight excluding hydrogens is 489 g/mol. The maximum absolute atomic E-state index is 14.3. The zero-order valence-electron chi connectivity index (χ0n) is 18.6. The third-order valence-corrected chi connectivity index (χ3v) is 8.68. The Bertz CT molecular complexity index is 1450. The number of fused-ring (bicyclic) bond motifs is 1. The van der Waals surface area contributed by atoms with Crippen LogP contribution >= 0.6 is 11.3 Å². The van der Waals surface area contributed by atoms with E-state index in [0.29, 0.717) is 41.7 Å². The smallest absolute Gasteiger partial charge is 0.260 e. The molecule has 1 aliphatic rings. The van der Waals surface area contributed by atoms with Crippen molar-refractivity contribution in [1.82, 2.24) is 9.29 Å². The van der Waals surface area contributed by atoms with Gasteiger partial charge in [0.25, 0.3) is 5.91 Å². The molecule has 0 saturated carbocycles. The number of para-hydroxylation sites is 1. The molecule has 0 unspecified atom stereocenters. The minimum absolute atomic E-state index is 0.118. The molecule has 0 N–H and O–H groups in total. The Balaban J connectivity index is 1.47. The Kier molecular flexibility index (Phi) is 6.61. The normalized spacial score (nSPS) is 14.8. The number of halogens is 1. The molecule has 180 valence electrons. The Labute approximate surface area is 206 Å². The zero-order chi connectivity index (χ0) is 24.4. The van der Waals surface area contributed by atoms with Gasteiger partial charge >= 0.3 is 0 Å². The molecule has 0 aliphatic carbocycles. The van der Waals surface area contributed by atoms with Crippen LogP contribution in [0.25, 0.3) is 10.2 Å². The van der Waals surface area contributed by atoms with Crippen molar-refractivity contribution in [2.45, 2.75) is 11.4 Å². The molecule has 0 atom stereocenters. The second kappa shape index (κ2) is 9.82. The van der Waals surface area contributed by atoms with Crippen LogP contribution in [0.15, 0.2) is 77.7 Å². The highest BCUT2D eigenvalue weighted by atomic mass is 32.2. The molecule has 4 aromatic rings. The molecule has 35 heavy (non-hydrogen) atoms. The summed E-state index contributed by atoms with van der Waals surface area (Å²) in [4.78, 5) is 19.6. The summed E-state index contributed by atoms with van der Waals surface area (Å²) in [5, 5.41) is 0.365. The van der Waals surface area contributed by atoms with Gasteiger partial charge in [-0.1, -0.05) is 47.7 Å². The lowest BCUT2D eigenvalue weighted by molar-refractivity contribution is 0.0730. The molecular formula is C25H22FN3O4S2. The van der Waals surface area contributed by atoms with Gasteiger partial charge in [0, 0.05) is 18.7 Å². The summed E-state index contributed by atoms with van der Waals surface area (Å²) >= 11 is 1.23. The molecule has 3 aromatic carbocycles. The first-order valence-electron chi connectivity index (χ1n) is 11.0. The predicted octanol–water partition coefficient (Wildman–Crippen LogP) is 4.30. The molecule has 0 bridgehead atoms. The number of amides is 1. The zero-order valence-corrected chi connectivity index (χ0v) is 20.3. The summed E-state index contributed by atoms with van der Waals surface area (Å²) in [7, 11) is -3.67. The summed E-state index contributed by atoms with van der Waals surface area (Å²) in [5.74, 6) is -0.807. The van der Waals surface area contributed by atoms with Crippen molar-refractivity contribution < 1.29 is 22.3 Å². The number of carbonyl (C=O) groups excluding carboxylic acids is 1. The quantitative estimate of drug-likeness (QED) is 0.386. The molecule has 5 rings (SSSR count). The minimum Gasteiger partial charge on any atom is -0.379 e. The van der Waals surface area contributed by atoms with E-state index in [4.69, 9.17) is 4.74 Å². The van der Waals surface area contributed by atoms with E-state index in [1.807, 2.05) is 30.3 Å². The number of morpholine rings is 1. The second-order valence-corrected chi connectivity index (χ2v) is 10.9. The van der Waals surface area contributed by atoms with Gasteiger partial charge < -0.3 is 4.74 Å². The van der Waals surface area contributed by atoms with Crippen LogP contribution in [0.5, 0.6) is 0 Å². The Hall–Kier alpha value is -3.18. The fourth-order valence-corrected chi connectivity index (χ4v) is 6.26. The van der Waals surface area contributed by atoms with Gasteiger partial charge in [-0.25, -0.2) is 17.8 Å². The number of aromatic nitrogens is 1. The summed E-state index contributed by atoms with van der Waals surface area (Å²) in [6, 6.07) is 20.0. The first-order valence-corrected chi connectivity index (χ1v) is 13.3. The molecule has 10 heteroatoms. The van der Waals surface area contributed by atoms with E-state index in [1.54, 1.807) is 12.1 Å². The van der Waals surface area contributed by atoms with Crippen molar-refractivity contribution >= 4 is 42.6 Å².